The Balaban J connectivity index is 1.86. The maximum Gasteiger partial charge on any atom is 0.123 e. The summed E-state index contributed by atoms with van der Waals surface area (Å²) in [4.78, 5) is 0. The van der Waals surface area contributed by atoms with E-state index in [0.29, 0.717) is 6.61 Å². The SMILES string of the molecule is C[C@H](c1ccccc1)c1cc(Br)ccc1OCc1ccccc1. The Morgan fingerprint density at radius 2 is 1.52 bits per heavy atom. The number of benzene rings is 3. The lowest BCUT2D eigenvalue weighted by molar-refractivity contribution is 0.302. The van der Waals surface area contributed by atoms with Gasteiger partial charge >= 0.3 is 0 Å². The summed E-state index contributed by atoms with van der Waals surface area (Å²) in [7, 11) is 0. The molecule has 0 bridgehead atoms. The molecule has 0 N–H and O–H groups in total. The Bertz CT molecular complexity index is 753. The Morgan fingerprint density at radius 3 is 2.22 bits per heavy atom. The van der Waals surface area contributed by atoms with Gasteiger partial charge in [0.05, 0.1) is 0 Å². The van der Waals surface area contributed by atoms with Crippen LogP contribution in [-0.2, 0) is 6.61 Å². The first-order chi connectivity index (χ1) is 11.2. The predicted octanol–water partition coefficient (Wildman–Crippen LogP) is 6.18. The molecule has 0 amide bonds. The minimum absolute atomic E-state index is 0.277. The van der Waals surface area contributed by atoms with Crippen molar-refractivity contribution in [1.29, 1.82) is 0 Å². The number of halogens is 1. The summed E-state index contributed by atoms with van der Waals surface area (Å²) >= 11 is 3.58. The smallest absolute Gasteiger partial charge is 0.123 e. The topological polar surface area (TPSA) is 9.23 Å². The highest BCUT2D eigenvalue weighted by atomic mass is 79.9. The highest BCUT2D eigenvalue weighted by Crippen LogP contribution is 2.34. The van der Waals surface area contributed by atoms with E-state index in [1.54, 1.807) is 0 Å². The highest BCUT2D eigenvalue weighted by Gasteiger charge is 2.14. The van der Waals surface area contributed by atoms with E-state index in [4.69, 9.17) is 4.74 Å². The van der Waals surface area contributed by atoms with Gasteiger partial charge in [-0.25, -0.2) is 0 Å². The Hall–Kier alpha value is -2.06. The largest absolute Gasteiger partial charge is 0.489 e. The summed E-state index contributed by atoms with van der Waals surface area (Å²) in [5.41, 5.74) is 3.66. The van der Waals surface area contributed by atoms with Gasteiger partial charge in [0.1, 0.15) is 12.4 Å². The molecule has 0 fully saturated rings. The molecule has 3 aromatic rings. The average Bonchev–Trinajstić information content (AvgIpc) is 2.61. The zero-order valence-corrected chi connectivity index (χ0v) is 14.7. The van der Waals surface area contributed by atoms with E-state index in [0.717, 1.165) is 10.2 Å². The molecule has 0 saturated heterocycles. The molecule has 0 heterocycles. The molecule has 0 aliphatic rings. The summed E-state index contributed by atoms with van der Waals surface area (Å²) in [5.74, 6) is 1.22. The number of hydrogen-bond acceptors (Lipinski definition) is 1. The van der Waals surface area contributed by atoms with Crippen molar-refractivity contribution >= 4 is 15.9 Å². The third-order valence-electron chi connectivity index (χ3n) is 3.98. The van der Waals surface area contributed by atoms with Crippen LogP contribution in [0, 0.1) is 0 Å². The molecular formula is C21H19BrO. The first-order valence-corrected chi connectivity index (χ1v) is 8.54. The Labute approximate surface area is 146 Å². The summed E-state index contributed by atoms with van der Waals surface area (Å²) in [6.45, 7) is 2.80. The first-order valence-electron chi connectivity index (χ1n) is 7.75. The van der Waals surface area contributed by atoms with E-state index in [-0.39, 0.29) is 5.92 Å². The van der Waals surface area contributed by atoms with Gasteiger partial charge in [0.15, 0.2) is 0 Å². The van der Waals surface area contributed by atoms with Crippen molar-refractivity contribution in [2.24, 2.45) is 0 Å². The second-order valence-electron chi connectivity index (χ2n) is 5.59. The monoisotopic (exact) mass is 366 g/mol. The quantitative estimate of drug-likeness (QED) is 0.523. The zero-order chi connectivity index (χ0) is 16.1. The van der Waals surface area contributed by atoms with Crippen molar-refractivity contribution in [3.05, 3.63) is 100 Å². The molecule has 0 aliphatic heterocycles. The normalized spacial score (nSPS) is 11.9. The summed E-state index contributed by atoms with van der Waals surface area (Å²) in [5, 5.41) is 0. The third-order valence-corrected chi connectivity index (χ3v) is 4.47. The second-order valence-corrected chi connectivity index (χ2v) is 6.50. The van der Waals surface area contributed by atoms with Gasteiger partial charge in [-0.3, -0.25) is 0 Å². The van der Waals surface area contributed by atoms with Crippen molar-refractivity contribution in [3.63, 3.8) is 0 Å². The molecule has 0 aliphatic carbocycles. The molecule has 0 saturated carbocycles. The second kappa shape index (κ2) is 7.47. The molecule has 0 radical (unpaired) electrons. The molecule has 1 atom stereocenters. The lowest BCUT2D eigenvalue weighted by Crippen LogP contribution is -2.02. The highest BCUT2D eigenvalue weighted by molar-refractivity contribution is 9.10. The molecule has 1 nitrogen and oxygen atoms in total. The lowest BCUT2D eigenvalue weighted by atomic mass is 9.92. The van der Waals surface area contributed by atoms with E-state index < -0.39 is 0 Å². The molecule has 116 valence electrons. The van der Waals surface area contributed by atoms with Gasteiger partial charge in [0.25, 0.3) is 0 Å². The molecule has 0 spiro atoms. The Morgan fingerprint density at radius 1 is 0.870 bits per heavy atom. The maximum atomic E-state index is 6.10. The van der Waals surface area contributed by atoms with Crippen LogP contribution >= 0.6 is 15.9 Å². The van der Waals surface area contributed by atoms with Crippen LogP contribution in [0.5, 0.6) is 5.75 Å². The maximum absolute atomic E-state index is 6.10. The molecule has 0 aromatic heterocycles. The van der Waals surface area contributed by atoms with Crippen molar-refractivity contribution < 1.29 is 4.74 Å². The Kier molecular flexibility index (Phi) is 5.14. The van der Waals surface area contributed by atoms with Crippen LogP contribution in [0.2, 0.25) is 0 Å². The van der Waals surface area contributed by atoms with Gasteiger partial charge < -0.3 is 4.74 Å². The van der Waals surface area contributed by atoms with E-state index in [9.17, 15) is 0 Å². The molecular weight excluding hydrogens is 348 g/mol. The van der Waals surface area contributed by atoms with Crippen molar-refractivity contribution in [2.75, 3.05) is 0 Å². The fourth-order valence-corrected chi connectivity index (χ4v) is 3.02. The van der Waals surface area contributed by atoms with Gasteiger partial charge in [-0.05, 0) is 29.3 Å². The first kappa shape index (κ1) is 15.8. The number of hydrogen-bond donors (Lipinski definition) is 0. The predicted molar refractivity (Wildman–Crippen MR) is 98.9 cm³/mol. The third kappa shape index (κ3) is 4.02. The van der Waals surface area contributed by atoms with Gasteiger partial charge in [-0.1, -0.05) is 83.5 Å². The van der Waals surface area contributed by atoms with Gasteiger partial charge in [-0.15, -0.1) is 0 Å². The van der Waals surface area contributed by atoms with E-state index in [1.165, 1.54) is 16.7 Å². The molecule has 3 rings (SSSR count). The molecule has 3 aromatic carbocycles. The van der Waals surface area contributed by atoms with Crippen LogP contribution in [-0.4, -0.2) is 0 Å². The van der Waals surface area contributed by atoms with Crippen molar-refractivity contribution in [3.8, 4) is 5.75 Å². The van der Waals surface area contributed by atoms with E-state index in [1.807, 2.05) is 36.4 Å². The fraction of sp³-hybridized carbons (Fsp3) is 0.143. The van der Waals surface area contributed by atoms with Crippen molar-refractivity contribution in [2.45, 2.75) is 19.4 Å². The fourth-order valence-electron chi connectivity index (χ4n) is 2.65. The van der Waals surface area contributed by atoms with Crippen molar-refractivity contribution in [1.82, 2.24) is 0 Å². The summed E-state index contributed by atoms with van der Waals surface area (Å²) in [6, 6.07) is 27.0. The van der Waals surface area contributed by atoms with Gasteiger partial charge in [0, 0.05) is 16.0 Å². The number of rotatable bonds is 5. The van der Waals surface area contributed by atoms with Crippen LogP contribution < -0.4 is 4.74 Å². The van der Waals surface area contributed by atoms with E-state index >= 15 is 0 Å². The lowest BCUT2D eigenvalue weighted by Gasteiger charge is -2.18. The van der Waals surface area contributed by atoms with Crippen LogP contribution in [0.15, 0.2) is 83.3 Å². The summed E-state index contributed by atoms with van der Waals surface area (Å²) < 4.78 is 7.17. The minimum atomic E-state index is 0.277. The molecule has 2 heteroatoms. The summed E-state index contributed by atoms with van der Waals surface area (Å²) in [6.07, 6.45) is 0. The van der Waals surface area contributed by atoms with Gasteiger partial charge in [0.2, 0.25) is 0 Å². The average molecular weight is 367 g/mol. The van der Waals surface area contributed by atoms with Crippen LogP contribution in [0.3, 0.4) is 0 Å². The standard InChI is InChI=1S/C21H19BrO/c1-16(18-10-6-3-7-11-18)20-14-19(22)12-13-21(20)23-15-17-8-4-2-5-9-17/h2-14,16H,15H2,1H3/t16-/m1/s1. The minimum Gasteiger partial charge on any atom is -0.489 e. The molecule has 0 unspecified atom stereocenters. The van der Waals surface area contributed by atoms with Crippen LogP contribution in [0.25, 0.3) is 0 Å². The number of ether oxygens (including phenoxy) is 1. The van der Waals surface area contributed by atoms with Gasteiger partial charge in [-0.2, -0.15) is 0 Å². The van der Waals surface area contributed by atoms with E-state index in [2.05, 4.69) is 65.3 Å². The molecule has 23 heavy (non-hydrogen) atoms. The zero-order valence-electron chi connectivity index (χ0n) is 13.1. The van der Waals surface area contributed by atoms with Crippen LogP contribution in [0.1, 0.15) is 29.5 Å². The van der Waals surface area contributed by atoms with Crippen LogP contribution in [0.4, 0.5) is 0 Å².